The van der Waals surface area contributed by atoms with Crippen LogP contribution in [0.25, 0.3) is 10.9 Å². The predicted octanol–water partition coefficient (Wildman–Crippen LogP) is 2.22. The van der Waals surface area contributed by atoms with Crippen LogP contribution in [0.3, 0.4) is 0 Å². The van der Waals surface area contributed by atoms with Crippen molar-refractivity contribution in [1.82, 2.24) is 24.3 Å². The topological polar surface area (TPSA) is 54.3 Å². The summed E-state index contributed by atoms with van der Waals surface area (Å²) in [4.78, 5) is 26.2. The number of nitrogens with zero attached hydrogens (tertiary/aromatic N) is 5. The second-order valence-electron chi connectivity index (χ2n) is 7.15. The fourth-order valence-corrected chi connectivity index (χ4v) is 3.85. The molecule has 6 nitrogen and oxygen atoms in total. The first-order chi connectivity index (χ1) is 12.8. The quantitative estimate of drug-likeness (QED) is 0.729. The molecule has 0 aliphatic carbocycles. The molecule has 1 amide bonds. The molecule has 1 atom stereocenters. The Kier molecular flexibility index (Phi) is 3.71. The number of pyridine rings is 1. The van der Waals surface area contributed by atoms with Gasteiger partial charge in [0.05, 0.1) is 23.2 Å². The molecule has 3 aromatic rings. The number of benzene rings is 1. The van der Waals surface area contributed by atoms with Gasteiger partial charge in [0, 0.05) is 44.3 Å². The lowest BCUT2D eigenvalue weighted by atomic mass is 10.1. The van der Waals surface area contributed by atoms with Crippen molar-refractivity contribution in [2.45, 2.75) is 25.6 Å². The first-order valence-electron chi connectivity index (χ1n) is 9.14. The minimum absolute atomic E-state index is 0.179. The molecule has 1 fully saturated rings. The van der Waals surface area contributed by atoms with E-state index in [1.807, 2.05) is 33.9 Å². The average molecular weight is 347 g/mol. The number of aromatic nitrogens is 3. The molecule has 132 valence electrons. The van der Waals surface area contributed by atoms with Crippen LogP contribution >= 0.6 is 0 Å². The van der Waals surface area contributed by atoms with Crippen molar-refractivity contribution in [3.05, 3.63) is 60.3 Å². The van der Waals surface area contributed by atoms with Crippen LogP contribution in [0.5, 0.6) is 0 Å². The summed E-state index contributed by atoms with van der Waals surface area (Å²) >= 11 is 0. The van der Waals surface area contributed by atoms with Gasteiger partial charge in [0.1, 0.15) is 6.04 Å². The number of carbonyl (C=O) groups is 1. The maximum Gasteiger partial charge on any atom is 0.247 e. The molecule has 2 aromatic heterocycles. The van der Waals surface area contributed by atoms with Crippen molar-refractivity contribution in [3.8, 4) is 0 Å². The van der Waals surface area contributed by atoms with Gasteiger partial charge in [-0.05, 0) is 18.6 Å². The number of imidazole rings is 1. The fraction of sp³-hybridized carbons (Fsp3) is 0.350. The minimum atomic E-state index is -0.179. The summed E-state index contributed by atoms with van der Waals surface area (Å²) in [6.07, 6.45) is 4.78. The first-order valence-corrected chi connectivity index (χ1v) is 9.14. The Morgan fingerprint density at radius 2 is 2.04 bits per heavy atom. The van der Waals surface area contributed by atoms with Gasteiger partial charge in [-0.1, -0.05) is 24.3 Å². The highest BCUT2D eigenvalue weighted by Crippen LogP contribution is 2.26. The number of para-hydroxylation sites is 1. The molecule has 6 heteroatoms. The molecule has 4 heterocycles. The van der Waals surface area contributed by atoms with E-state index in [4.69, 9.17) is 4.98 Å². The monoisotopic (exact) mass is 347 g/mol. The third-order valence-electron chi connectivity index (χ3n) is 5.39. The van der Waals surface area contributed by atoms with E-state index in [2.05, 4.69) is 28.1 Å². The number of likely N-dealkylation sites (tertiary alicyclic amines) is 1. The average Bonchev–Trinajstić information content (AvgIpc) is 3.08. The van der Waals surface area contributed by atoms with Gasteiger partial charge < -0.3 is 9.47 Å². The largest absolute Gasteiger partial charge is 0.341 e. The molecule has 0 radical (unpaired) electrons. The van der Waals surface area contributed by atoms with Crippen LogP contribution in [-0.4, -0.2) is 49.9 Å². The zero-order valence-corrected chi connectivity index (χ0v) is 14.6. The van der Waals surface area contributed by atoms with Gasteiger partial charge in [-0.25, -0.2) is 4.98 Å². The van der Waals surface area contributed by atoms with Gasteiger partial charge in [-0.3, -0.25) is 14.7 Å². The highest BCUT2D eigenvalue weighted by Gasteiger charge is 2.34. The normalized spacial score (nSPS) is 20.0. The Bertz CT molecular complexity index is 961. The predicted molar refractivity (Wildman–Crippen MR) is 98.3 cm³/mol. The maximum atomic E-state index is 12.8. The Balaban J connectivity index is 1.39. The second kappa shape index (κ2) is 6.21. The summed E-state index contributed by atoms with van der Waals surface area (Å²) in [5.74, 6) is 0.215. The molecule has 0 bridgehead atoms. The number of amides is 1. The van der Waals surface area contributed by atoms with E-state index in [0.717, 1.165) is 54.9 Å². The molecule has 0 unspecified atom stereocenters. The Labute approximate surface area is 152 Å². The van der Waals surface area contributed by atoms with E-state index in [9.17, 15) is 4.79 Å². The summed E-state index contributed by atoms with van der Waals surface area (Å²) in [6.45, 7) is 3.99. The number of carbonyl (C=O) groups excluding carboxylic acids is 1. The first kappa shape index (κ1) is 15.5. The van der Waals surface area contributed by atoms with E-state index in [1.165, 1.54) is 0 Å². The van der Waals surface area contributed by atoms with Crippen LogP contribution in [0, 0.1) is 0 Å². The minimum Gasteiger partial charge on any atom is -0.341 e. The SMILES string of the molecule is O=C([C@H]1CN(Cc2ccc3ccccc3n2)Cc2cncn21)N1CCC1. The van der Waals surface area contributed by atoms with E-state index in [1.54, 1.807) is 6.33 Å². The van der Waals surface area contributed by atoms with E-state index >= 15 is 0 Å². The van der Waals surface area contributed by atoms with E-state index in [0.29, 0.717) is 6.54 Å². The summed E-state index contributed by atoms with van der Waals surface area (Å²) in [7, 11) is 0. The van der Waals surface area contributed by atoms with Gasteiger partial charge in [-0.15, -0.1) is 0 Å². The molecular formula is C20H21N5O. The van der Waals surface area contributed by atoms with Crippen molar-refractivity contribution in [2.75, 3.05) is 19.6 Å². The van der Waals surface area contributed by atoms with Gasteiger partial charge in [0.2, 0.25) is 5.91 Å². The molecule has 2 aliphatic rings. The summed E-state index contributed by atoms with van der Waals surface area (Å²) < 4.78 is 2.05. The lowest BCUT2D eigenvalue weighted by Gasteiger charge is -2.39. The third-order valence-corrected chi connectivity index (χ3v) is 5.39. The van der Waals surface area contributed by atoms with Crippen molar-refractivity contribution < 1.29 is 4.79 Å². The highest BCUT2D eigenvalue weighted by molar-refractivity contribution is 5.81. The molecule has 0 saturated carbocycles. The van der Waals surface area contributed by atoms with Gasteiger partial charge >= 0.3 is 0 Å². The maximum absolute atomic E-state index is 12.8. The number of hydrogen-bond acceptors (Lipinski definition) is 4. The smallest absolute Gasteiger partial charge is 0.247 e. The molecule has 26 heavy (non-hydrogen) atoms. The van der Waals surface area contributed by atoms with Crippen LogP contribution in [0.2, 0.25) is 0 Å². The number of fused-ring (bicyclic) bond motifs is 2. The highest BCUT2D eigenvalue weighted by atomic mass is 16.2. The Morgan fingerprint density at radius 3 is 2.88 bits per heavy atom. The van der Waals surface area contributed by atoms with E-state index < -0.39 is 0 Å². The van der Waals surface area contributed by atoms with Crippen molar-refractivity contribution in [1.29, 1.82) is 0 Å². The molecule has 2 aliphatic heterocycles. The number of hydrogen-bond donors (Lipinski definition) is 0. The van der Waals surface area contributed by atoms with Crippen LogP contribution in [0.15, 0.2) is 48.9 Å². The van der Waals surface area contributed by atoms with Crippen molar-refractivity contribution >= 4 is 16.8 Å². The summed E-state index contributed by atoms with van der Waals surface area (Å²) in [5.41, 5.74) is 3.14. The molecule has 1 saturated heterocycles. The molecule has 1 aromatic carbocycles. The molecular weight excluding hydrogens is 326 g/mol. The molecule has 5 rings (SSSR count). The Hall–Kier alpha value is -2.73. The Morgan fingerprint density at radius 1 is 1.15 bits per heavy atom. The van der Waals surface area contributed by atoms with Crippen LogP contribution in [-0.2, 0) is 17.9 Å². The second-order valence-corrected chi connectivity index (χ2v) is 7.15. The number of rotatable bonds is 3. The van der Waals surface area contributed by atoms with Gasteiger partial charge in [0.15, 0.2) is 0 Å². The summed E-state index contributed by atoms with van der Waals surface area (Å²) in [5, 5.41) is 1.15. The zero-order valence-electron chi connectivity index (χ0n) is 14.6. The lowest BCUT2D eigenvalue weighted by Crippen LogP contribution is -2.50. The van der Waals surface area contributed by atoms with Crippen molar-refractivity contribution in [2.24, 2.45) is 0 Å². The van der Waals surface area contributed by atoms with Crippen LogP contribution < -0.4 is 0 Å². The fourth-order valence-electron chi connectivity index (χ4n) is 3.85. The summed E-state index contributed by atoms with van der Waals surface area (Å²) in [6, 6.07) is 12.2. The lowest BCUT2D eigenvalue weighted by molar-refractivity contribution is -0.139. The van der Waals surface area contributed by atoms with E-state index in [-0.39, 0.29) is 11.9 Å². The van der Waals surface area contributed by atoms with Crippen LogP contribution in [0.4, 0.5) is 0 Å². The van der Waals surface area contributed by atoms with Gasteiger partial charge in [-0.2, -0.15) is 0 Å². The zero-order chi connectivity index (χ0) is 17.5. The van der Waals surface area contributed by atoms with Crippen LogP contribution in [0.1, 0.15) is 23.9 Å². The van der Waals surface area contributed by atoms with Crippen molar-refractivity contribution in [3.63, 3.8) is 0 Å². The van der Waals surface area contributed by atoms with Gasteiger partial charge in [0.25, 0.3) is 0 Å². The third kappa shape index (κ3) is 2.66. The standard InChI is InChI=1S/C20H21N5O/c26-20(24-8-3-9-24)19-13-23(12-17-10-21-14-25(17)19)11-16-7-6-15-4-1-2-5-18(15)22-16/h1-2,4-7,10,14,19H,3,8-9,11-13H2/t19-/m1/s1. The molecule has 0 N–H and O–H groups in total. The molecule has 0 spiro atoms.